The number of carbonyl (C=O) groups excluding carboxylic acids is 1. The fraction of sp³-hybridized carbons (Fsp3) is 0.0800. The molecule has 0 spiro atoms. The second-order valence-corrected chi connectivity index (χ2v) is 8.83. The number of hydrogen-bond acceptors (Lipinski definition) is 5. The summed E-state index contributed by atoms with van der Waals surface area (Å²) < 4.78 is 6.86. The van der Waals surface area contributed by atoms with E-state index in [4.69, 9.17) is 9.72 Å². The summed E-state index contributed by atoms with van der Waals surface area (Å²) in [5.74, 6) is -0.00762. The largest absolute Gasteiger partial charge is 0.503 e. The number of nitrogens with one attached hydrogen (secondary N) is 1. The SMILES string of the molecule is CCOc1cc(/C=N\NC(=O)c2cc(-c3ccc(Br)cc3)nc3ccccc23)cc(Br)c1O. The molecule has 4 rings (SSSR count). The molecule has 0 fully saturated rings. The highest BCUT2D eigenvalue weighted by Gasteiger charge is 2.14. The van der Waals surface area contributed by atoms with Gasteiger partial charge in [0.2, 0.25) is 0 Å². The van der Waals surface area contributed by atoms with Gasteiger partial charge in [0.1, 0.15) is 0 Å². The average Bonchev–Trinajstić information content (AvgIpc) is 2.82. The number of halogens is 2. The Balaban J connectivity index is 1.64. The van der Waals surface area contributed by atoms with Crippen LogP contribution in [0.4, 0.5) is 0 Å². The van der Waals surface area contributed by atoms with Crippen LogP contribution in [0.25, 0.3) is 22.2 Å². The van der Waals surface area contributed by atoms with E-state index in [9.17, 15) is 9.90 Å². The Kier molecular flexibility index (Phi) is 7.05. The molecule has 1 aromatic heterocycles. The molecule has 0 aliphatic rings. The summed E-state index contributed by atoms with van der Waals surface area (Å²) in [5, 5.41) is 14.9. The van der Waals surface area contributed by atoms with Crippen molar-refractivity contribution in [2.45, 2.75) is 6.92 Å². The number of phenols is 1. The van der Waals surface area contributed by atoms with E-state index in [1.807, 2.05) is 55.5 Å². The van der Waals surface area contributed by atoms with Crippen molar-refractivity contribution in [2.24, 2.45) is 5.10 Å². The van der Waals surface area contributed by atoms with Gasteiger partial charge in [-0.05, 0) is 64.8 Å². The van der Waals surface area contributed by atoms with Gasteiger partial charge in [-0.2, -0.15) is 5.10 Å². The van der Waals surface area contributed by atoms with Crippen LogP contribution >= 0.6 is 31.9 Å². The number of phenolic OH excluding ortho intramolecular Hbond substituents is 1. The van der Waals surface area contributed by atoms with Gasteiger partial charge >= 0.3 is 0 Å². The number of aromatic nitrogens is 1. The summed E-state index contributed by atoms with van der Waals surface area (Å²) in [6.07, 6.45) is 1.49. The molecule has 6 nitrogen and oxygen atoms in total. The molecule has 3 aromatic carbocycles. The molecule has 0 radical (unpaired) electrons. The van der Waals surface area contributed by atoms with Crippen molar-refractivity contribution < 1.29 is 14.6 Å². The summed E-state index contributed by atoms with van der Waals surface area (Å²) in [6, 6.07) is 20.3. The Morgan fingerprint density at radius 1 is 1.12 bits per heavy atom. The van der Waals surface area contributed by atoms with E-state index >= 15 is 0 Å². The number of benzene rings is 3. The Morgan fingerprint density at radius 3 is 2.64 bits per heavy atom. The first kappa shape index (κ1) is 22.9. The highest BCUT2D eigenvalue weighted by atomic mass is 79.9. The van der Waals surface area contributed by atoms with Crippen molar-refractivity contribution in [3.8, 4) is 22.8 Å². The molecular weight excluding hydrogens is 550 g/mol. The fourth-order valence-electron chi connectivity index (χ4n) is 3.29. The summed E-state index contributed by atoms with van der Waals surface area (Å²) in [7, 11) is 0. The van der Waals surface area contributed by atoms with Gasteiger partial charge in [-0.3, -0.25) is 4.79 Å². The molecule has 8 heteroatoms. The van der Waals surface area contributed by atoms with Crippen molar-refractivity contribution in [1.29, 1.82) is 0 Å². The highest BCUT2D eigenvalue weighted by Crippen LogP contribution is 2.35. The minimum absolute atomic E-state index is 0.0155. The number of fused-ring (bicyclic) bond motifs is 1. The van der Waals surface area contributed by atoms with E-state index in [1.165, 1.54) is 6.21 Å². The van der Waals surface area contributed by atoms with Crippen LogP contribution < -0.4 is 10.2 Å². The van der Waals surface area contributed by atoms with Gasteiger partial charge < -0.3 is 9.84 Å². The minimum atomic E-state index is -0.355. The lowest BCUT2D eigenvalue weighted by Gasteiger charge is -2.09. The Morgan fingerprint density at radius 2 is 1.88 bits per heavy atom. The number of amides is 1. The zero-order chi connectivity index (χ0) is 23.4. The molecule has 2 N–H and O–H groups in total. The maximum absolute atomic E-state index is 13.0. The number of pyridine rings is 1. The van der Waals surface area contributed by atoms with Crippen LogP contribution in [0.1, 0.15) is 22.8 Å². The van der Waals surface area contributed by atoms with Crippen LogP contribution in [0.2, 0.25) is 0 Å². The lowest BCUT2D eigenvalue weighted by Crippen LogP contribution is -2.18. The van der Waals surface area contributed by atoms with Gasteiger partial charge in [0, 0.05) is 15.4 Å². The Bertz CT molecular complexity index is 1360. The lowest BCUT2D eigenvalue weighted by molar-refractivity contribution is 0.0956. The van der Waals surface area contributed by atoms with E-state index < -0.39 is 0 Å². The molecule has 0 aliphatic carbocycles. The van der Waals surface area contributed by atoms with Crippen molar-refractivity contribution >= 4 is 54.9 Å². The number of para-hydroxylation sites is 1. The number of nitrogens with zero attached hydrogens (tertiary/aromatic N) is 2. The highest BCUT2D eigenvalue weighted by molar-refractivity contribution is 9.10. The van der Waals surface area contributed by atoms with Crippen molar-refractivity contribution in [3.05, 3.63) is 86.8 Å². The van der Waals surface area contributed by atoms with Gasteiger partial charge in [0.25, 0.3) is 5.91 Å². The van der Waals surface area contributed by atoms with Crippen LogP contribution in [0.5, 0.6) is 11.5 Å². The van der Waals surface area contributed by atoms with Crippen molar-refractivity contribution in [3.63, 3.8) is 0 Å². The van der Waals surface area contributed by atoms with Crippen molar-refractivity contribution in [2.75, 3.05) is 6.61 Å². The standard InChI is InChI=1S/C25H19Br2N3O3/c1-2-33-23-12-15(11-20(27)24(23)31)14-28-30-25(32)19-13-22(16-7-9-17(26)10-8-16)29-21-6-4-3-5-18(19)21/h3-14,31H,2H2,1H3,(H,30,32)/b28-14-. The third-order valence-electron chi connectivity index (χ3n) is 4.83. The summed E-state index contributed by atoms with van der Waals surface area (Å²) in [6.45, 7) is 2.24. The van der Waals surface area contributed by atoms with Crippen molar-refractivity contribution in [1.82, 2.24) is 10.4 Å². The van der Waals surface area contributed by atoms with E-state index in [-0.39, 0.29) is 11.7 Å². The first-order valence-electron chi connectivity index (χ1n) is 10.1. The van der Waals surface area contributed by atoms with Gasteiger partial charge in [0.05, 0.1) is 34.1 Å². The molecule has 1 amide bonds. The molecule has 0 aliphatic heterocycles. The van der Waals surface area contributed by atoms with E-state index in [0.29, 0.717) is 33.6 Å². The summed E-state index contributed by atoms with van der Waals surface area (Å²) in [5.41, 5.74) is 6.02. The van der Waals surface area contributed by atoms with Crippen LogP contribution in [-0.4, -0.2) is 28.8 Å². The molecule has 0 atom stereocenters. The van der Waals surface area contributed by atoms with Gasteiger partial charge in [0.15, 0.2) is 11.5 Å². The maximum Gasteiger partial charge on any atom is 0.272 e. The van der Waals surface area contributed by atoms with Crippen LogP contribution in [0.3, 0.4) is 0 Å². The molecule has 0 saturated carbocycles. The van der Waals surface area contributed by atoms with Gasteiger partial charge in [-0.15, -0.1) is 0 Å². The minimum Gasteiger partial charge on any atom is -0.503 e. The molecule has 1 heterocycles. The zero-order valence-electron chi connectivity index (χ0n) is 17.5. The van der Waals surface area contributed by atoms with Crippen LogP contribution in [0.15, 0.2) is 80.8 Å². The number of hydrazone groups is 1. The number of rotatable bonds is 6. The predicted molar refractivity (Wildman–Crippen MR) is 137 cm³/mol. The first-order valence-corrected chi connectivity index (χ1v) is 11.7. The second-order valence-electron chi connectivity index (χ2n) is 7.06. The number of hydrogen-bond donors (Lipinski definition) is 2. The predicted octanol–water partition coefficient (Wildman–Crippen LogP) is 6.30. The summed E-state index contributed by atoms with van der Waals surface area (Å²) in [4.78, 5) is 17.8. The third-order valence-corrected chi connectivity index (χ3v) is 5.96. The third kappa shape index (κ3) is 5.23. The Labute approximate surface area is 207 Å². The van der Waals surface area contributed by atoms with E-state index in [2.05, 4.69) is 42.4 Å². The average molecular weight is 569 g/mol. The molecule has 0 saturated heterocycles. The lowest BCUT2D eigenvalue weighted by atomic mass is 10.0. The van der Waals surface area contributed by atoms with E-state index in [1.54, 1.807) is 18.2 Å². The molecular formula is C25H19Br2N3O3. The quantitative estimate of drug-likeness (QED) is 0.211. The first-order chi connectivity index (χ1) is 16.0. The monoisotopic (exact) mass is 567 g/mol. The number of aromatic hydroxyl groups is 1. The van der Waals surface area contributed by atoms with Crippen LogP contribution in [-0.2, 0) is 0 Å². The van der Waals surface area contributed by atoms with Crippen LogP contribution in [0, 0.1) is 0 Å². The fourth-order valence-corrected chi connectivity index (χ4v) is 4.02. The van der Waals surface area contributed by atoms with Gasteiger partial charge in [-0.25, -0.2) is 10.4 Å². The zero-order valence-corrected chi connectivity index (χ0v) is 20.7. The molecule has 166 valence electrons. The summed E-state index contributed by atoms with van der Waals surface area (Å²) >= 11 is 6.74. The normalized spacial score (nSPS) is 11.1. The molecule has 4 aromatic rings. The molecule has 0 bridgehead atoms. The Hall–Kier alpha value is -3.23. The molecule has 33 heavy (non-hydrogen) atoms. The van der Waals surface area contributed by atoms with E-state index in [0.717, 1.165) is 20.9 Å². The maximum atomic E-state index is 13.0. The number of carbonyl (C=O) groups is 1. The smallest absolute Gasteiger partial charge is 0.272 e. The second kappa shape index (κ2) is 10.1. The number of ether oxygens (including phenoxy) is 1. The van der Waals surface area contributed by atoms with Gasteiger partial charge in [-0.1, -0.05) is 46.3 Å². The molecule has 0 unspecified atom stereocenters. The topological polar surface area (TPSA) is 83.8 Å².